The number of ether oxygens (including phenoxy) is 2. The molecule has 0 aliphatic carbocycles. The first-order valence-corrected chi connectivity index (χ1v) is 8.06. The second kappa shape index (κ2) is 8.42. The van der Waals surface area contributed by atoms with Gasteiger partial charge in [-0.05, 0) is 31.9 Å². The topological polar surface area (TPSA) is 88.1 Å². The lowest BCUT2D eigenvalue weighted by Gasteiger charge is -2.30. The Balaban J connectivity index is 1.76. The van der Waals surface area contributed by atoms with Crippen molar-refractivity contribution >= 4 is 12.0 Å². The first-order valence-electron chi connectivity index (χ1n) is 8.06. The molecule has 2 rings (SSSR count). The summed E-state index contributed by atoms with van der Waals surface area (Å²) in [7, 11) is 1.58. The Hall–Kier alpha value is -2.44. The second-order valence-corrected chi connectivity index (χ2v) is 5.86. The zero-order valence-corrected chi connectivity index (χ0v) is 14.0. The number of para-hydroxylation sites is 2. The molecule has 0 bridgehead atoms. The van der Waals surface area contributed by atoms with Crippen molar-refractivity contribution in [3.05, 3.63) is 24.3 Å². The highest BCUT2D eigenvalue weighted by atomic mass is 16.5. The molecule has 2 N–H and O–H groups in total. The fraction of sp³-hybridized carbons (Fsp3) is 0.529. The summed E-state index contributed by atoms with van der Waals surface area (Å²) in [6.07, 6.45) is 0.772. The number of carboxylic acids is 1. The number of benzene rings is 1. The number of methoxy groups -OCH3 is 1. The number of aliphatic carboxylic acids is 1. The number of carbonyl (C=O) groups excluding carboxylic acids is 1. The first-order chi connectivity index (χ1) is 11.5. The van der Waals surface area contributed by atoms with Gasteiger partial charge < -0.3 is 24.8 Å². The minimum absolute atomic E-state index is 0.186. The van der Waals surface area contributed by atoms with Crippen LogP contribution in [0.25, 0.3) is 0 Å². The highest BCUT2D eigenvalue weighted by molar-refractivity contribution is 5.75. The number of likely N-dealkylation sites (tertiary alicyclic amines) is 1. The number of carbonyl (C=O) groups is 2. The highest BCUT2D eigenvalue weighted by Crippen LogP contribution is 2.26. The van der Waals surface area contributed by atoms with Crippen molar-refractivity contribution in [2.24, 2.45) is 5.92 Å². The average Bonchev–Trinajstić information content (AvgIpc) is 2.60. The Kier molecular flexibility index (Phi) is 6.28. The van der Waals surface area contributed by atoms with Crippen molar-refractivity contribution < 1.29 is 24.2 Å². The summed E-state index contributed by atoms with van der Waals surface area (Å²) in [5, 5.41) is 11.8. The van der Waals surface area contributed by atoms with Gasteiger partial charge in [0, 0.05) is 13.1 Å². The Morgan fingerprint density at radius 3 is 2.50 bits per heavy atom. The van der Waals surface area contributed by atoms with Crippen molar-refractivity contribution in [1.29, 1.82) is 0 Å². The number of urea groups is 1. The number of hydrogen-bond acceptors (Lipinski definition) is 4. The van der Waals surface area contributed by atoms with Crippen LogP contribution in [0.15, 0.2) is 24.3 Å². The van der Waals surface area contributed by atoms with Crippen molar-refractivity contribution in [2.75, 3.05) is 26.7 Å². The number of nitrogens with zero attached hydrogens (tertiary/aromatic N) is 1. The molecular weight excluding hydrogens is 312 g/mol. The predicted octanol–water partition coefficient (Wildman–Crippen LogP) is 1.97. The van der Waals surface area contributed by atoms with E-state index >= 15 is 0 Å². The van der Waals surface area contributed by atoms with Gasteiger partial charge in [0.25, 0.3) is 0 Å². The summed E-state index contributed by atoms with van der Waals surface area (Å²) in [4.78, 5) is 24.7. The molecule has 1 aromatic carbocycles. The zero-order valence-electron chi connectivity index (χ0n) is 14.0. The third-order valence-electron chi connectivity index (χ3n) is 4.07. The van der Waals surface area contributed by atoms with Crippen LogP contribution in [0.2, 0.25) is 0 Å². The molecule has 7 heteroatoms. The summed E-state index contributed by atoms with van der Waals surface area (Å²) in [6.45, 7) is 3.15. The lowest BCUT2D eigenvalue weighted by atomic mass is 9.97. The van der Waals surface area contributed by atoms with E-state index in [0.29, 0.717) is 44.0 Å². The summed E-state index contributed by atoms with van der Waals surface area (Å²) < 4.78 is 11.0. The molecule has 132 valence electrons. The van der Waals surface area contributed by atoms with E-state index in [1.807, 2.05) is 31.2 Å². The van der Waals surface area contributed by atoms with Crippen LogP contribution in [0.1, 0.15) is 19.8 Å². The van der Waals surface area contributed by atoms with E-state index in [0.717, 1.165) is 0 Å². The highest BCUT2D eigenvalue weighted by Gasteiger charge is 2.27. The van der Waals surface area contributed by atoms with Crippen LogP contribution in [0, 0.1) is 5.92 Å². The van der Waals surface area contributed by atoms with E-state index in [4.69, 9.17) is 14.6 Å². The second-order valence-electron chi connectivity index (χ2n) is 5.86. The minimum atomic E-state index is -0.783. The summed E-state index contributed by atoms with van der Waals surface area (Å²) in [6, 6.07) is 7.16. The fourth-order valence-corrected chi connectivity index (χ4v) is 2.65. The molecule has 1 heterocycles. The standard InChI is InChI=1S/C17H24N2O5/c1-12(24-15-6-4-3-5-14(15)23-2)11-18-17(22)19-9-7-13(8-10-19)16(20)21/h3-6,12-13H,7-11H2,1-2H3,(H,18,22)(H,20,21). The van der Waals surface area contributed by atoms with Gasteiger partial charge in [0.15, 0.2) is 11.5 Å². The van der Waals surface area contributed by atoms with Crippen LogP contribution in [-0.2, 0) is 4.79 Å². The monoisotopic (exact) mass is 336 g/mol. The van der Waals surface area contributed by atoms with Crippen LogP contribution in [0.3, 0.4) is 0 Å². The van der Waals surface area contributed by atoms with E-state index in [1.165, 1.54) is 0 Å². The smallest absolute Gasteiger partial charge is 0.317 e. The van der Waals surface area contributed by atoms with Crippen LogP contribution in [0.4, 0.5) is 4.79 Å². The number of nitrogens with one attached hydrogen (secondary N) is 1. The van der Waals surface area contributed by atoms with Crippen LogP contribution in [0.5, 0.6) is 11.5 Å². The molecular formula is C17H24N2O5. The normalized spacial score (nSPS) is 16.3. The van der Waals surface area contributed by atoms with Gasteiger partial charge in [0.1, 0.15) is 6.10 Å². The van der Waals surface area contributed by atoms with E-state index in [2.05, 4.69) is 5.32 Å². The molecule has 0 radical (unpaired) electrons. The fourth-order valence-electron chi connectivity index (χ4n) is 2.65. The van der Waals surface area contributed by atoms with Gasteiger partial charge in [-0.25, -0.2) is 4.79 Å². The summed E-state index contributed by atoms with van der Waals surface area (Å²) in [5.74, 6) is 0.145. The molecule has 1 aliphatic rings. The zero-order chi connectivity index (χ0) is 17.5. The number of amides is 2. The molecule has 1 unspecified atom stereocenters. The molecule has 1 saturated heterocycles. The number of rotatable bonds is 6. The van der Waals surface area contributed by atoms with E-state index in [-0.39, 0.29) is 18.1 Å². The minimum Gasteiger partial charge on any atom is -0.493 e. The molecule has 24 heavy (non-hydrogen) atoms. The summed E-state index contributed by atoms with van der Waals surface area (Å²) >= 11 is 0. The molecule has 0 saturated carbocycles. The van der Waals surface area contributed by atoms with Crippen LogP contribution in [-0.4, -0.2) is 54.9 Å². The number of hydrogen-bond donors (Lipinski definition) is 2. The van der Waals surface area contributed by atoms with Gasteiger partial charge in [0.2, 0.25) is 0 Å². The third kappa shape index (κ3) is 4.78. The van der Waals surface area contributed by atoms with Crippen molar-refractivity contribution in [2.45, 2.75) is 25.9 Å². The molecule has 7 nitrogen and oxygen atoms in total. The molecule has 0 aromatic heterocycles. The van der Waals surface area contributed by atoms with Crippen molar-refractivity contribution in [1.82, 2.24) is 10.2 Å². The Morgan fingerprint density at radius 2 is 1.92 bits per heavy atom. The molecule has 1 aromatic rings. The van der Waals surface area contributed by atoms with Gasteiger partial charge in [0.05, 0.1) is 19.6 Å². The van der Waals surface area contributed by atoms with Gasteiger partial charge in [-0.15, -0.1) is 0 Å². The lowest BCUT2D eigenvalue weighted by molar-refractivity contribution is -0.143. The van der Waals surface area contributed by atoms with Crippen molar-refractivity contribution in [3.8, 4) is 11.5 Å². The molecule has 1 fully saturated rings. The maximum atomic E-state index is 12.1. The van der Waals surface area contributed by atoms with E-state index in [1.54, 1.807) is 12.0 Å². The molecule has 1 aliphatic heterocycles. The molecule has 0 spiro atoms. The van der Waals surface area contributed by atoms with Gasteiger partial charge in [-0.2, -0.15) is 0 Å². The van der Waals surface area contributed by atoms with Gasteiger partial charge in [-0.3, -0.25) is 4.79 Å². The first kappa shape index (κ1) is 17.9. The number of piperidine rings is 1. The Bertz CT molecular complexity index is 570. The van der Waals surface area contributed by atoms with Crippen molar-refractivity contribution in [3.63, 3.8) is 0 Å². The van der Waals surface area contributed by atoms with Crippen LogP contribution >= 0.6 is 0 Å². The summed E-state index contributed by atoms with van der Waals surface area (Å²) in [5.41, 5.74) is 0. The van der Waals surface area contributed by atoms with E-state index in [9.17, 15) is 9.59 Å². The lowest BCUT2D eigenvalue weighted by Crippen LogP contribution is -2.47. The Morgan fingerprint density at radius 1 is 1.29 bits per heavy atom. The quantitative estimate of drug-likeness (QED) is 0.829. The number of carboxylic acid groups (broad SMARTS) is 1. The molecule has 2 amide bonds. The maximum Gasteiger partial charge on any atom is 0.317 e. The Labute approximate surface area is 141 Å². The molecule has 1 atom stereocenters. The SMILES string of the molecule is COc1ccccc1OC(C)CNC(=O)N1CCC(C(=O)O)CC1. The van der Waals surface area contributed by atoms with Gasteiger partial charge >= 0.3 is 12.0 Å². The average molecular weight is 336 g/mol. The van der Waals surface area contributed by atoms with Gasteiger partial charge in [-0.1, -0.05) is 12.1 Å². The van der Waals surface area contributed by atoms with E-state index < -0.39 is 5.97 Å². The maximum absolute atomic E-state index is 12.1. The van der Waals surface area contributed by atoms with Crippen LogP contribution < -0.4 is 14.8 Å². The third-order valence-corrected chi connectivity index (χ3v) is 4.07. The predicted molar refractivity (Wildman–Crippen MR) is 88.4 cm³/mol. The largest absolute Gasteiger partial charge is 0.493 e.